The zero-order chi connectivity index (χ0) is 29.7. The average Bonchev–Trinajstić information content (AvgIpc) is 2.84. The van der Waals surface area contributed by atoms with Gasteiger partial charge >= 0.3 is 0 Å². The second kappa shape index (κ2) is 12.6. The van der Waals surface area contributed by atoms with Crippen molar-refractivity contribution in [1.29, 1.82) is 5.41 Å². The van der Waals surface area contributed by atoms with Crippen LogP contribution in [0.25, 0.3) is 11.1 Å². The predicted molar refractivity (Wildman–Crippen MR) is 172 cm³/mol. The number of aliphatic imine (C=N–C) groups is 1. The van der Waals surface area contributed by atoms with Crippen molar-refractivity contribution in [2.45, 2.75) is 71.3 Å². The van der Waals surface area contributed by atoms with E-state index in [1.807, 2.05) is 18.3 Å². The van der Waals surface area contributed by atoms with Gasteiger partial charge in [-0.05, 0) is 107 Å². The van der Waals surface area contributed by atoms with Crippen molar-refractivity contribution in [2.75, 3.05) is 44.1 Å². The standard InChI is InChI=1S/C32H49N5O3S/c1-23-19-26(13-16-32(24(2)38)14-8-15-32)34-21-28(23)25-11-12-29(35-20-25)30(33)37-31(40-27-9-7-10-27)36-22-39-17-18-41(3,4,5)6/h11-12,19-21,27,41H,7-10,13-18,22H2,1-6H3,(H2,33,36,37). The van der Waals surface area contributed by atoms with Gasteiger partial charge in [-0.15, -0.1) is 0 Å². The van der Waals surface area contributed by atoms with E-state index >= 15 is 0 Å². The first-order valence-corrected chi connectivity index (χ1v) is 19.1. The zero-order valence-electron chi connectivity index (χ0n) is 25.8. The predicted octanol–water partition coefficient (Wildman–Crippen LogP) is 5.55. The van der Waals surface area contributed by atoms with Crippen molar-refractivity contribution in [3.8, 4) is 11.1 Å². The third-order valence-corrected chi connectivity index (χ3v) is 10.4. The van der Waals surface area contributed by atoms with Crippen molar-refractivity contribution in [2.24, 2.45) is 10.4 Å². The van der Waals surface area contributed by atoms with Crippen molar-refractivity contribution in [1.82, 2.24) is 15.3 Å². The highest BCUT2D eigenvalue weighted by Gasteiger charge is 2.40. The number of ketones is 1. The Kier molecular flexibility index (Phi) is 9.59. The highest BCUT2D eigenvalue weighted by Crippen LogP contribution is 2.54. The minimum absolute atomic E-state index is 0.0353. The summed E-state index contributed by atoms with van der Waals surface area (Å²) in [6, 6.07) is 6.19. The fraction of sp³-hybridized carbons (Fsp3) is 0.594. The number of nitrogens with one attached hydrogen (secondary N) is 2. The maximum absolute atomic E-state index is 12.1. The van der Waals surface area contributed by atoms with Crippen LogP contribution in [0.2, 0.25) is 0 Å². The molecule has 2 aromatic rings. The number of thiol groups is 1. The van der Waals surface area contributed by atoms with E-state index in [-0.39, 0.29) is 24.1 Å². The highest BCUT2D eigenvalue weighted by molar-refractivity contribution is 8.47. The molecule has 2 saturated carbocycles. The summed E-state index contributed by atoms with van der Waals surface area (Å²) < 4.78 is 11.8. The minimum Gasteiger partial charge on any atom is -0.462 e. The van der Waals surface area contributed by atoms with Crippen molar-refractivity contribution in [3.05, 3.63) is 47.5 Å². The zero-order valence-corrected chi connectivity index (χ0v) is 26.7. The van der Waals surface area contributed by atoms with Crippen LogP contribution < -0.4 is 5.32 Å². The van der Waals surface area contributed by atoms with Crippen LogP contribution in [0.15, 0.2) is 35.6 Å². The monoisotopic (exact) mass is 583 g/mol. The Labute approximate surface area is 245 Å². The smallest absolute Gasteiger partial charge is 0.293 e. The summed E-state index contributed by atoms with van der Waals surface area (Å²) in [5.74, 6) is 1.40. The van der Waals surface area contributed by atoms with E-state index in [0.29, 0.717) is 24.1 Å². The quantitative estimate of drug-likeness (QED) is 0.0994. The topological polar surface area (TPSA) is 110 Å². The first kappa shape index (κ1) is 31.2. The van der Waals surface area contributed by atoms with Gasteiger partial charge in [0.1, 0.15) is 24.3 Å². The number of carbonyl (C=O) groups is 1. The number of carbonyl (C=O) groups excluding carboxylic acids is 1. The number of aryl methyl sites for hydroxylation is 2. The molecule has 0 radical (unpaired) electrons. The lowest BCUT2D eigenvalue weighted by Gasteiger charge is -2.46. The van der Waals surface area contributed by atoms with Crippen molar-refractivity contribution < 1.29 is 14.3 Å². The maximum atomic E-state index is 12.1. The molecule has 9 heteroatoms. The average molecular weight is 584 g/mol. The minimum atomic E-state index is -1.61. The number of pyridine rings is 2. The van der Waals surface area contributed by atoms with E-state index in [9.17, 15) is 4.79 Å². The second-order valence-corrected chi connectivity index (χ2v) is 22.3. The van der Waals surface area contributed by atoms with E-state index in [0.717, 1.165) is 79.5 Å². The van der Waals surface area contributed by atoms with Gasteiger partial charge in [-0.25, -0.2) is 0 Å². The molecule has 41 heavy (non-hydrogen) atoms. The number of aromatic nitrogens is 2. The van der Waals surface area contributed by atoms with Crippen LogP contribution in [-0.4, -0.2) is 77.8 Å². The molecule has 0 spiro atoms. The molecule has 0 aromatic carbocycles. The second-order valence-electron chi connectivity index (χ2n) is 14.0. The van der Waals surface area contributed by atoms with Crippen LogP contribution in [0.4, 0.5) is 0 Å². The van der Waals surface area contributed by atoms with Gasteiger partial charge in [0.15, 0.2) is 5.84 Å². The van der Waals surface area contributed by atoms with Crippen LogP contribution >= 0.6 is 9.16 Å². The first-order chi connectivity index (χ1) is 19.3. The van der Waals surface area contributed by atoms with Gasteiger partial charge in [0.2, 0.25) is 0 Å². The Morgan fingerprint density at radius 2 is 1.90 bits per heavy atom. The largest absolute Gasteiger partial charge is 0.462 e. The summed E-state index contributed by atoms with van der Waals surface area (Å²) in [5, 5.41) is 11.7. The molecule has 0 bridgehead atoms. The summed E-state index contributed by atoms with van der Waals surface area (Å²) in [5.41, 5.74) is 4.42. The van der Waals surface area contributed by atoms with Crippen LogP contribution in [0.3, 0.4) is 0 Å². The van der Waals surface area contributed by atoms with E-state index in [4.69, 9.17) is 19.9 Å². The fourth-order valence-electron chi connectivity index (χ4n) is 5.02. The molecule has 0 amide bonds. The third kappa shape index (κ3) is 8.85. The molecule has 2 N–H and O–H groups in total. The van der Waals surface area contributed by atoms with Crippen LogP contribution in [0.5, 0.6) is 0 Å². The SMILES string of the molecule is CC(=O)C1(CCc2cc(C)c(-c3ccc(C(=N)/N=C(\NCOCC[SH](C)(C)(C)C)OC4CCC4)nc3)cn2)CCC1. The van der Waals surface area contributed by atoms with Crippen LogP contribution in [0.1, 0.15) is 68.8 Å². The number of nitrogens with zero attached hydrogens (tertiary/aromatic N) is 3. The van der Waals surface area contributed by atoms with Crippen LogP contribution in [0, 0.1) is 17.7 Å². The van der Waals surface area contributed by atoms with Gasteiger partial charge in [-0.1, -0.05) is 12.5 Å². The molecular formula is C32H49N5O3S. The summed E-state index contributed by atoms with van der Waals surface area (Å²) in [4.78, 5) is 25.8. The Morgan fingerprint density at radius 1 is 1.15 bits per heavy atom. The highest BCUT2D eigenvalue weighted by atomic mass is 32.3. The molecule has 226 valence electrons. The lowest BCUT2D eigenvalue weighted by atomic mass is 9.63. The van der Waals surface area contributed by atoms with E-state index in [1.165, 1.54) is 0 Å². The molecule has 2 fully saturated rings. The van der Waals surface area contributed by atoms with Gasteiger partial charge in [-0.2, -0.15) is 4.99 Å². The molecule has 0 saturated heterocycles. The molecule has 2 aromatic heterocycles. The van der Waals surface area contributed by atoms with Gasteiger partial charge in [0.05, 0.1) is 6.61 Å². The number of hydrogen-bond donors (Lipinski definition) is 3. The summed E-state index contributed by atoms with van der Waals surface area (Å²) in [6.07, 6.45) is 21.1. The number of hydrogen-bond acceptors (Lipinski definition) is 6. The Balaban J connectivity index is 1.36. The molecule has 0 atom stereocenters. The van der Waals surface area contributed by atoms with Crippen molar-refractivity contribution >= 4 is 26.8 Å². The maximum Gasteiger partial charge on any atom is 0.293 e. The molecule has 0 unspecified atom stereocenters. The van der Waals surface area contributed by atoms with Crippen LogP contribution in [-0.2, 0) is 20.7 Å². The van der Waals surface area contributed by atoms with E-state index in [2.05, 4.69) is 53.3 Å². The normalized spacial score (nSPS) is 18.0. The number of amidine groups is 2. The molecule has 0 aliphatic heterocycles. The third-order valence-electron chi connectivity index (χ3n) is 8.40. The summed E-state index contributed by atoms with van der Waals surface area (Å²) >= 11 is 0. The van der Waals surface area contributed by atoms with E-state index < -0.39 is 9.16 Å². The van der Waals surface area contributed by atoms with Gasteiger partial charge < -0.3 is 14.8 Å². The first-order valence-electron chi connectivity index (χ1n) is 14.9. The summed E-state index contributed by atoms with van der Waals surface area (Å²) in [6.45, 7) is 4.77. The molecule has 8 nitrogen and oxygen atoms in total. The van der Waals surface area contributed by atoms with Gasteiger partial charge in [-0.3, -0.25) is 29.3 Å². The van der Waals surface area contributed by atoms with E-state index in [1.54, 1.807) is 13.1 Å². The molecule has 2 aliphatic rings. The fourth-order valence-corrected chi connectivity index (χ4v) is 5.88. The number of rotatable bonds is 12. The van der Waals surface area contributed by atoms with Gasteiger partial charge in [0, 0.05) is 34.6 Å². The number of ether oxygens (including phenoxy) is 2. The Hall–Kier alpha value is -2.78. The van der Waals surface area contributed by atoms with Crippen molar-refractivity contribution in [3.63, 3.8) is 0 Å². The Bertz CT molecular complexity index is 1270. The lowest BCUT2D eigenvalue weighted by Crippen LogP contribution is -2.36. The lowest BCUT2D eigenvalue weighted by molar-refractivity contribution is -0.131. The molecule has 2 heterocycles. The summed E-state index contributed by atoms with van der Waals surface area (Å²) in [7, 11) is -1.61. The Morgan fingerprint density at radius 3 is 2.44 bits per heavy atom. The number of Topliss-reactive ketones (excluding diaryl/α,β-unsaturated/α-hetero) is 1. The molecular weight excluding hydrogens is 534 g/mol. The van der Waals surface area contributed by atoms with Gasteiger partial charge in [0.25, 0.3) is 6.02 Å². The molecule has 4 rings (SSSR count). The molecule has 2 aliphatic carbocycles.